The van der Waals surface area contributed by atoms with E-state index in [1.165, 1.54) is 0 Å². The number of aliphatic hydroxyl groups is 2. The first-order valence-corrected chi connectivity index (χ1v) is 5.67. The van der Waals surface area contributed by atoms with Crippen LogP contribution in [0, 0.1) is 0 Å². The molecule has 0 aliphatic carbocycles. The number of phosphoric acid groups is 1. The van der Waals surface area contributed by atoms with Crippen molar-refractivity contribution in [1.82, 2.24) is 0 Å². The van der Waals surface area contributed by atoms with Crippen molar-refractivity contribution in [3.63, 3.8) is 0 Å². The van der Waals surface area contributed by atoms with Crippen LogP contribution in [0.1, 0.15) is 0 Å². The molecule has 3 N–H and O–H groups in total. The third kappa shape index (κ3) is 3.01. The van der Waals surface area contributed by atoms with Crippen molar-refractivity contribution in [1.29, 1.82) is 0 Å². The first-order valence-electron chi connectivity index (χ1n) is 4.18. The molecule has 7 nitrogen and oxygen atoms in total. The lowest BCUT2D eigenvalue weighted by atomic mass is 9.93. The summed E-state index contributed by atoms with van der Waals surface area (Å²) in [5, 5.41) is 18.3. The van der Waals surface area contributed by atoms with Crippen molar-refractivity contribution in [3.05, 3.63) is 0 Å². The Morgan fingerprint density at radius 3 is 2.67 bits per heavy atom. The molecule has 0 saturated carbocycles. The second-order valence-corrected chi connectivity index (χ2v) is 4.55. The second kappa shape index (κ2) is 4.92. The Labute approximate surface area is 88.0 Å². The van der Waals surface area contributed by atoms with E-state index in [-0.39, 0.29) is 0 Å². The lowest BCUT2D eigenvalue weighted by Gasteiger charge is -2.21. The Balaban J connectivity index is 2.70. The Hall–Kier alpha value is 0.0549. The summed E-state index contributed by atoms with van der Waals surface area (Å²) < 4.78 is 24.7. The molecule has 1 aliphatic rings. The van der Waals surface area contributed by atoms with E-state index >= 15 is 0 Å². The van der Waals surface area contributed by atoms with Crippen LogP contribution >= 0.6 is 7.82 Å². The molecule has 2 unspecified atom stereocenters. The largest absolute Gasteiger partial charge is 0.472 e. The Morgan fingerprint density at radius 2 is 2.20 bits per heavy atom. The van der Waals surface area contributed by atoms with Crippen molar-refractivity contribution in [3.8, 4) is 0 Å². The van der Waals surface area contributed by atoms with Crippen LogP contribution in [0.5, 0.6) is 0 Å². The minimum atomic E-state index is -4.24. The van der Waals surface area contributed by atoms with Crippen LogP contribution in [0.2, 0.25) is 0 Å². The topological polar surface area (TPSA) is 105 Å². The van der Waals surface area contributed by atoms with Crippen LogP contribution in [-0.4, -0.2) is 61.0 Å². The third-order valence-electron chi connectivity index (χ3n) is 2.04. The molecule has 1 aliphatic heterocycles. The summed E-state index contributed by atoms with van der Waals surface area (Å²) in [5.74, 6) is 0. The molecule has 5 atom stereocenters. The number of hydrogen-bond donors (Lipinski definition) is 3. The minimum absolute atomic E-state index is 0.487. The monoisotopic (exact) mass is 238 g/mol. The number of hydrogen-bond acceptors (Lipinski definition) is 6. The zero-order valence-electron chi connectivity index (χ0n) is 8.02. The number of rotatable bonds is 4. The lowest BCUT2D eigenvalue weighted by molar-refractivity contribution is -0.0109. The molecule has 0 aromatic heterocycles. The molecular formula is C6H12BO7P. The molecule has 2 radical (unpaired) electrons. The van der Waals surface area contributed by atoms with Crippen LogP contribution in [0.15, 0.2) is 0 Å². The van der Waals surface area contributed by atoms with Gasteiger partial charge < -0.3 is 19.8 Å². The van der Waals surface area contributed by atoms with Crippen LogP contribution < -0.4 is 0 Å². The maximum atomic E-state index is 11.1. The average molecular weight is 238 g/mol. The quantitative estimate of drug-likeness (QED) is 0.398. The van der Waals surface area contributed by atoms with E-state index in [4.69, 9.17) is 22.6 Å². The highest BCUT2D eigenvalue weighted by Gasteiger charge is 2.45. The van der Waals surface area contributed by atoms with Gasteiger partial charge in [0.2, 0.25) is 0 Å². The molecule has 86 valence electrons. The first kappa shape index (κ1) is 13.1. The van der Waals surface area contributed by atoms with Crippen LogP contribution in [0.4, 0.5) is 0 Å². The zero-order chi connectivity index (χ0) is 11.6. The highest BCUT2D eigenvalue weighted by molar-refractivity contribution is 7.47. The fraction of sp³-hybridized carbons (Fsp3) is 1.00. The van der Waals surface area contributed by atoms with Gasteiger partial charge in [-0.1, -0.05) is 0 Å². The van der Waals surface area contributed by atoms with Crippen molar-refractivity contribution < 1.29 is 33.5 Å². The van der Waals surface area contributed by atoms with Crippen molar-refractivity contribution in [2.75, 3.05) is 13.7 Å². The summed E-state index contributed by atoms with van der Waals surface area (Å²) in [7, 11) is 2.06. The maximum Gasteiger partial charge on any atom is 0.472 e. The molecule has 0 aromatic rings. The smallest absolute Gasteiger partial charge is 0.394 e. The lowest BCUT2D eigenvalue weighted by Crippen LogP contribution is -2.36. The summed E-state index contributed by atoms with van der Waals surface area (Å²) in [6, 6.07) is -1.07. The Kier molecular flexibility index (Phi) is 4.31. The standard InChI is InChI=1S/C6H12BO7P/c1-12-15(10,11)14-5-3(2-8)13-6(7)4(5)9/h3-6,8-9H,2H2,1H3,(H,10,11)/t3-,4?,5+,6-/m1/s1. The van der Waals surface area contributed by atoms with Gasteiger partial charge in [0.05, 0.1) is 6.61 Å². The molecule has 0 aromatic carbocycles. The van der Waals surface area contributed by atoms with E-state index in [1.807, 2.05) is 0 Å². The van der Waals surface area contributed by atoms with Gasteiger partial charge in [-0.15, -0.1) is 0 Å². The molecule has 0 amide bonds. The molecule has 15 heavy (non-hydrogen) atoms. The zero-order valence-corrected chi connectivity index (χ0v) is 8.91. The number of phosphoric ester groups is 1. The normalized spacial score (nSPS) is 40.3. The van der Waals surface area contributed by atoms with E-state index in [0.717, 1.165) is 7.11 Å². The molecular weight excluding hydrogens is 226 g/mol. The minimum Gasteiger partial charge on any atom is -0.394 e. The van der Waals surface area contributed by atoms with E-state index < -0.39 is 38.7 Å². The van der Waals surface area contributed by atoms with Crippen LogP contribution in [-0.2, 0) is 18.3 Å². The Bertz CT molecular complexity index is 262. The summed E-state index contributed by atoms with van der Waals surface area (Å²) in [4.78, 5) is 9.02. The molecule has 0 bridgehead atoms. The van der Waals surface area contributed by atoms with Gasteiger partial charge in [0, 0.05) is 13.1 Å². The van der Waals surface area contributed by atoms with Gasteiger partial charge in [0.1, 0.15) is 26.2 Å². The highest BCUT2D eigenvalue weighted by Crippen LogP contribution is 2.46. The summed E-state index contributed by atoms with van der Waals surface area (Å²) in [6.07, 6.45) is -3.44. The highest BCUT2D eigenvalue weighted by atomic mass is 31.2. The van der Waals surface area contributed by atoms with Gasteiger partial charge in [-0.05, 0) is 0 Å². The van der Waals surface area contributed by atoms with E-state index in [0.29, 0.717) is 0 Å². The van der Waals surface area contributed by atoms with Crippen LogP contribution in [0.3, 0.4) is 0 Å². The van der Waals surface area contributed by atoms with Gasteiger partial charge in [-0.2, -0.15) is 0 Å². The Morgan fingerprint density at radius 1 is 1.60 bits per heavy atom. The predicted molar refractivity (Wildman–Crippen MR) is 49.2 cm³/mol. The molecule has 1 saturated heterocycles. The fourth-order valence-corrected chi connectivity index (χ4v) is 1.89. The SMILES string of the molecule is [B][C@@H]1O[C@H](CO)[C@H](OP(=O)(O)OC)C1O. The van der Waals surface area contributed by atoms with E-state index in [2.05, 4.69) is 9.05 Å². The van der Waals surface area contributed by atoms with Crippen LogP contribution in [0.25, 0.3) is 0 Å². The molecule has 1 fully saturated rings. The summed E-state index contributed by atoms with van der Waals surface area (Å²) >= 11 is 0. The van der Waals surface area contributed by atoms with Gasteiger partial charge in [0.25, 0.3) is 0 Å². The average Bonchev–Trinajstić information content (AvgIpc) is 2.45. The molecule has 9 heteroatoms. The maximum absolute atomic E-state index is 11.1. The van der Waals surface area contributed by atoms with Gasteiger partial charge in [-0.25, -0.2) is 4.57 Å². The van der Waals surface area contributed by atoms with Crippen molar-refractivity contribution >= 4 is 15.7 Å². The van der Waals surface area contributed by atoms with Gasteiger partial charge >= 0.3 is 7.82 Å². The molecule has 0 spiro atoms. The summed E-state index contributed by atoms with van der Waals surface area (Å²) in [6.45, 7) is -0.487. The molecule has 1 rings (SSSR count). The van der Waals surface area contributed by atoms with Crippen molar-refractivity contribution in [2.45, 2.75) is 24.3 Å². The first-order chi connectivity index (χ1) is 6.91. The summed E-state index contributed by atoms with van der Waals surface area (Å²) in [5.41, 5.74) is 0. The molecule has 1 heterocycles. The van der Waals surface area contributed by atoms with Gasteiger partial charge in [-0.3, -0.25) is 9.05 Å². The second-order valence-electron chi connectivity index (χ2n) is 3.03. The number of ether oxygens (including phenoxy) is 1. The van der Waals surface area contributed by atoms with E-state index in [9.17, 15) is 9.67 Å². The van der Waals surface area contributed by atoms with Gasteiger partial charge in [0.15, 0.2) is 0 Å². The fourth-order valence-electron chi connectivity index (χ4n) is 1.24. The third-order valence-corrected chi connectivity index (χ3v) is 3.01. The number of aliphatic hydroxyl groups excluding tert-OH is 2. The predicted octanol–water partition coefficient (Wildman–Crippen LogP) is -1.64. The van der Waals surface area contributed by atoms with Crippen molar-refractivity contribution in [2.24, 2.45) is 0 Å². The van der Waals surface area contributed by atoms with E-state index in [1.54, 1.807) is 0 Å².